The third-order valence-corrected chi connectivity index (χ3v) is 2.85. The molecule has 2 unspecified atom stereocenters. The average Bonchev–Trinajstić information content (AvgIpc) is 2.26. The highest BCUT2D eigenvalue weighted by Crippen LogP contribution is 2.13. The first-order valence-corrected chi connectivity index (χ1v) is 6.65. The molecule has 92 valence electrons. The van der Waals surface area contributed by atoms with Crippen LogP contribution in [-0.4, -0.2) is 12.3 Å². The fraction of sp³-hybridized carbons (Fsp3) is 1.00. The molecule has 0 spiro atoms. The first-order valence-electron chi connectivity index (χ1n) is 6.65. The molecule has 0 aromatic carbocycles. The van der Waals surface area contributed by atoms with Gasteiger partial charge < -0.3 is 10.5 Å². The summed E-state index contributed by atoms with van der Waals surface area (Å²) in [7, 11) is 0. The Morgan fingerprint density at radius 1 is 0.933 bits per heavy atom. The van der Waals surface area contributed by atoms with Crippen molar-refractivity contribution in [3.8, 4) is 0 Å². The van der Waals surface area contributed by atoms with Gasteiger partial charge in [-0.25, -0.2) is 0 Å². The smallest absolute Gasteiger partial charge is 0.105 e. The minimum absolute atomic E-state index is 0.0643. The van der Waals surface area contributed by atoms with Crippen LogP contribution in [0.1, 0.15) is 72.1 Å². The van der Waals surface area contributed by atoms with Crippen molar-refractivity contribution in [3.63, 3.8) is 0 Å². The van der Waals surface area contributed by atoms with Crippen LogP contribution in [0.2, 0.25) is 0 Å². The molecular weight excluding hydrogens is 186 g/mol. The highest BCUT2D eigenvalue weighted by molar-refractivity contribution is 4.58. The molecule has 0 aliphatic heterocycles. The average molecular weight is 215 g/mol. The largest absolute Gasteiger partial charge is 0.360 e. The molecule has 2 heteroatoms. The SMILES string of the molecule is CCCCCCCC(CC)OC(N)CC. The van der Waals surface area contributed by atoms with E-state index < -0.39 is 0 Å². The van der Waals surface area contributed by atoms with Gasteiger partial charge in [-0.3, -0.25) is 0 Å². The normalized spacial score (nSPS) is 15.2. The molecule has 0 fully saturated rings. The molecule has 0 aromatic heterocycles. The van der Waals surface area contributed by atoms with Crippen molar-refractivity contribution >= 4 is 0 Å². The van der Waals surface area contributed by atoms with Crippen LogP contribution in [-0.2, 0) is 4.74 Å². The van der Waals surface area contributed by atoms with Gasteiger partial charge in [0.1, 0.15) is 6.23 Å². The van der Waals surface area contributed by atoms with E-state index in [1.165, 1.54) is 38.5 Å². The van der Waals surface area contributed by atoms with Crippen LogP contribution in [0.5, 0.6) is 0 Å². The summed E-state index contributed by atoms with van der Waals surface area (Å²) in [6, 6.07) is 0. The molecule has 15 heavy (non-hydrogen) atoms. The van der Waals surface area contributed by atoms with E-state index in [9.17, 15) is 0 Å². The topological polar surface area (TPSA) is 35.2 Å². The van der Waals surface area contributed by atoms with Crippen LogP contribution in [0.15, 0.2) is 0 Å². The third-order valence-electron chi connectivity index (χ3n) is 2.85. The Hall–Kier alpha value is -0.0800. The summed E-state index contributed by atoms with van der Waals surface area (Å²) in [5, 5.41) is 0. The van der Waals surface area contributed by atoms with Crippen LogP contribution in [0.4, 0.5) is 0 Å². The zero-order chi connectivity index (χ0) is 11.5. The predicted octanol–water partition coefficient (Wildman–Crippen LogP) is 3.84. The molecule has 0 aliphatic carbocycles. The number of hydrogen-bond donors (Lipinski definition) is 1. The van der Waals surface area contributed by atoms with E-state index in [0.29, 0.717) is 6.10 Å². The maximum absolute atomic E-state index is 5.78. The second-order valence-electron chi connectivity index (χ2n) is 4.32. The number of hydrogen-bond acceptors (Lipinski definition) is 2. The molecule has 0 radical (unpaired) electrons. The van der Waals surface area contributed by atoms with Crippen molar-refractivity contribution in [3.05, 3.63) is 0 Å². The van der Waals surface area contributed by atoms with Crippen LogP contribution in [0, 0.1) is 0 Å². The minimum atomic E-state index is -0.0643. The van der Waals surface area contributed by atoms with Gasteiger partial charge in [0, 0.05) is 0 Å². The Kier molecular flexibility index (Phi) is 10.4. The van der Waals surface area contributed by atoms with Gasteiger partial charge in [0.15, 0.2) is 0 Å². The van der Waals surface area contributed by atoms with Crippen molar-refractivity contribution in [1.29, 1.82) is 0 Å². The van der Waals surface area contributed by atoms with E-state index in [0.717, 1.165) is 12.8 Å². The Morgan fingerprint density at radius 2 is 1.60 bits per heavy atom. The second-order valence-corrected chi connectivity index (χ2v) is 4.32. The summed E-state index contributed by atoms with van der Waals surface area (Å²) in [5.41, 5.74) is 5.78. The minimum Gasteiger partial charge on any atom is -0.360 e. The quantitative estimate of drug-likeness (QED) is 0.444. The lowest BCUT2D eigenvalue weighted by molar-refractivity contribution is -0.0173. The lowest BCUT2D eigenvalue weighted by Gasteiger charge is -2.20. The Balaban J connectivity index is 3.44. The van der Waals surface area contributed by atoms with E-state index in [1.807, 2.05) is 0 Å². The summed E-state index contributed by atoms with van der Waals surface area (Å²) in [4.78, 5) is 0. The van der Waals surface area contributed by atoms with E-state index in [-0.39, 0.29) is 6.23 Å². The summed E-state index contributed by atoms with van der Waals surface area (Å²) in [6.07, 6.45) is 10.2. The first kappa shape index (κ1) is 14.9. The van der Waals surface area contributed by atoms with Gasteiger partial charge in [-0.15, -0.1) is 0 Å². The third kappa shape index (κ3) is 8.88. The molecule has 0 amide bonds. The van der Waals surface area contributed by atoms with Gasteiger partial charge in [0.2, 0.25) is 0 Å². The van der Waals surface area contributed by atoms with E-state index in [1.54, 1.807) is 0 Å². The molecule has 0 saturated carbocycles. The zero-order valence-corrected chi connectivity index (χ0v) is 10.8. The zero-order valence-electron chi connectivity index (χ0n) is 10.8. The molecule has 0 aliphatic rings. The lowest BCUT2D eigenvalue weighted by atomic mass is 10.1. The fourth-order valence-electron chi connectivity index (χ4n) is 1.69. The lowest BCUT2D eigenvalue weighted by Crippen LogP contribution is -2.28. The molecule has 2 nitrogen and oxygen atoms in total. The number of ether oxygens (including phenoxy) is 1. The molecular formula is C13H29NO. The monoisotopic (exact) mass is 215 g/mol. The van der Waals surface area contributed by atoms with E-state index >= 15 is 0 Å². The van der Waals surface area contributed by atoms with Crippen molar-refractivity contribution in [2.45, 2.75) is 84.5 Å². The van der Waals surface area contributed by atoms with Crippen molar-refractivity contribution in [2.24, 2.45) is 5.73 Å². The second kappa shape index (κ2) is 10.4. The van der Waals surface area contributed by atoms with Crippen LogP contribution < -0.4 is 5.73 Å². The summed E-state index contributed by atoms with van der Waals surface area (Å²) in [6.45, 7) is 6.50. The number of unbranched alkanes of at least 4 members (excludes halogenated alkanes) is 4. The molecule has 2 atom stereocenters. The van der Waals surface area contributed by atoms with Gasteiger partial charge in [0.25, 0.3) is 0 Å². The number of nitrogens with two attached hydrogens (primary N) is 1. The highest BCUT2D eigenvalue weighted by atomic mass is 16.5. The maximum Gasteiger partial charge on any atom is 0.105 e. The van der Waals surface area contributed by atoms with Crippen molar-refractivity contribution < 1.29 is 4.74 Å². The number of rotatable bonds is 10. The van der Waals surface area contributed by atoms with Crippen molar-refractivity contribution in [2.75, 3.05) is 0 Å². The molecule has 0 heterocycles. The molecule has 0 bridgehead atoms. The van der Waals surface area contributed by atoms with Gasteiger partial charge in [0.05, 0.1) is 6.10 Å². The van der Waals surface area contributed by atoms with Gasteiger partial charge in [-0.2, -0.15) is 0 Å². The highest BCUT2D eigenvalue weighted by Gasteiger charge is 2.09. The Labute approximate surface area is 95.6 Å². The molecule has 2 N–H and O–H groups in total. The predicted molar refractivity (Wildman–Crippen MR) is 66.8 cm³/mol. The summed E-state index contributed by atoms with van der Waals surface area (Å²) in [5.74, 6) is 0. The van der Waals surface area contributed by atoms with Gasteiger partial charge in [-0.05, 0) is 19.3 Å². The van der Waals surface area contributed by atoms with Gasteiger partial charge >= 0.3 is 0 Å². The van der Waals surface area contributed by atoms with Crippen LogP contribution in [0.3, 0.4) is 0 Å². The maximum atomic E-state index is 5.78. The van der Waals surface area contributed by atoms with Crippen molar-refractivity contribution in [1.82, 2.24) is 0 Å². The van der Waals surface area contributed by atoms with Gasteiger partial charge in [-0.1, -0.05) is 52.9 Å². The molecule has 0 saturated heterocycles. The van der Waals surface area contributed by atoms with E-state index in [4.69, 9.17) is 10.5 Å². The standard InChI is InChI=1S/C13H29NO/c1-4-7-8-9-10-11-12(5-2)15-13(14)6-3/h12-13H,4-11,14H2,1-3H3. The van der Waals surface area contributed by atoms with Crippen LogP contribution in [0.25, 0.3) is 0 Å². The first-order chi connectivity index (χ1) is 7.24. The molecule has 0 aromatic rings. The summed E-state index contributed by atoms with van der Waals surface area (Å²) >= 11 is 0. The summed E-state index contributed by atoms with van der Waals surface area (Å²) < 4.78 is 5.73. The van der Waals surface area contributed by atoms with Crippen LogP contribution >= 0.6 is 0 Å². The Bertz CT molecular complexity index is 128. The Morgan fingerprint density at radius 3 is 2.13 bits per heavy atom. The fourth-order valence-corrected chi connectivity index (χ4v) is 1.69. The molecule has 0 rings (SSSR count). The van der Waals surface area contributed by atoms with E-state index in [2.05, 4.69) is 20.8 Å².